The van der Waals surface area contributed by atoms with Gasteiger partial charge in [-0.3, -0.25) is 48.3 Å². The second-order valence-electron chi connectivity index (χ2n) is 39.4. The molecule has 0 aromatic carbocycles. The summed E-state index contributed by atoms with van der Waals surface area (Å²) >= 11 is 3.37. The van der Waals surface area contributed by atoms with Crippen LogP contribution in [0.25, 0.3) is 0 Å². The smallest absolute Gasteiger partial charge is 0.309 e. The molecule has 0 bridgehead atoms. The van der Waals surface area contributed by atoms with E-state index in [0.29, 0.717) is 76.4 Å². The number of esters is 4. The lowest BCUT2D eigenvalue weighted by molar-refractivity contribution is -0.157. The van der Waals surface area contributed by atoms with Gasteiger partial charge in [0.1, 0.15) is 72.8 Å². The van der Waals surface area contributed by atoms with Crippen LogP contribution >= 0.6 is 23.5 Å². The first-order valence-electron chi connectivity index (χ1n) is 46.3. The van der Waals surface area contributed by atoms with Crippen molar-refractivity contribution in [2.75, 3.05) is 24.7 Å². The molecule has 8 aliphatic rings. The van der Waals surface area contributed by atoms with Gasteiger partial charge in [0.05, 0.1) is 118 Å². The zero-order valence-electron chi connectivity index (χ0n) is 82.2. The third kappa shape index (κ3) is 34.2. The Hall–Kier alpha value is -7.38. The van der Waals surface area contributed by atoms with E-state index in [2.05, 4.69) is 38.2 Å². The highest BCUT2D eigenvalue weighted by molar-refractivity contribution is 8.14. The molecule has 0 amide bonds. The molecule has 4 unspecified atom stereocenters. The number of ketones is 4. The lowest BCUT2D eigenvalue weighted by atomic mass is 9.73. The molecular weight excluding hydrogens is 1700 g/mol. The summed E-state index contributed by atoms with van der Waals surface area (Å²) in [5, 5.41) is 87.8. The van der Waals surface area contributed by atoms with Crippen LogP contribution in [-0.4, -0.2) is 232 Å². The first kappa shape index (κ1) is 113. The predicted octanol–water partition coefficient (Wildman–Crippen LogP) is 15.3. The summed E-state index contributed by atoms with van der Waals surface area (Å²) in [6.45, 7) is 47.2. The van der Waals surface area contributed by atoms with Gasteiger partial charge in [0, 0.05) is 98.4 Å². The molecule has 26 nitrogen and oxygen atoms in total. The number of carbonyl (C=O) groups is 8. The zero-order chi connectivity index (χ0) is 97.9. The number of aliphatic hydroxyl groups excluding tert-OH is 8. The predicted molar refractivity (Wildman–Crippen MR) is 515 cm³/mol. The first-order chi connectivity index (χ1) is 60.5. The Labute approximate surface area is 782 Å². The lowest BCUT2D eigenvalue weighted by Crippen LogP contribution is -2.45. The van der Waals surface area contributed by atoms with Crippen LogP contribution in [0, 0.1) is 69.0 Å². The van der Waals surface area contributed by atoms with Crippen LogP contribution in [0.1, 0.15) is 257 Å². The number of aliphatic hydroxyl groups is 8. The fourth-order valence-electron chi connectivity index (χ4n) is 16.5. The third-order valence-corrected chi connectivity index (χ3v) is 28.6. The van der Waals surface area contributed by atoms with Gasteiger partial charge in [0.2, 0.25) is 0 Å². The van der Waals surface area contributed by atoms with Crippen molar-refractivity contribution in [3.05, 3.63) is 119 Å². The Bertz CT molecular complexity index is 4060. The molecule has 0 saturated carbocycles. The monoisotopic (exact) mass is 1850 g/mol. The average molecular weight is 1850 g/mol. The summed E-state index contributed by atoms with van der Waals surface area (Å²) in [5.41, 5.74) is 1.40. The molecule has 0 saturated heterocycles. The summed E-state index contributed by atoms with van der Waals surface area (Å²) in [7, 11) is 0. The number of hydrogen-bond acceptors (Lipinski definition) is 28. The minimum absolute atomic E-state index is 0.0635. The van der Waals surface area contributed by atoms with Crippen LogP contribution in [-0.2, 0) is 66.8 Å². The van der Waals surface area contributed by atoms with Gasteiger partial charge in [-0.1, -0.05) is 218 Å². The quantitative estimate of drug-likeness (QED) is 0.0695. The number of Topliss-reactive ketones (excluding diaryl/α,β-unsaturated/α-hetero) is 4. The summed E-state index contributed by atoms with van der Waals surface area (Å²) in [4.78, 5) is 121. The topological polar surface area (TPSA) is 403 Å². The second-order valence-corrected chi connectivity index (χ2v) is 41.8. The number of hydrogen-bond donors (Lipinski definition) is 8. The van der Waals surface area contributed by atoms with Gasteiger partial charge in [-0.05, 0) is 92.2 Å². The van der Waals surface area contributed by atoms with Crippen LogP contribution in [0.4, 0.5) is 0 Å². The van der Waals surface area contributed by atoms with Crippen molar-refractivity contribution >= 4 is 92.4 Å². The van der Waals surface area contributed by atoms with Crippen molar-refractivity contribution in [1.29, 1.82) is 0 Å². The Morgan fingerprint density at radius 3 is 0.931 bits per heavy atom. The van der Waals surface area contributed by atoms with E-state index in [4.69, 9.17) is 28.4 Å². The Kier molecular flexibility index (Phi) is 45.2. The van der Waals surface area contributed by atoms with E-state index < -0.39 is 142 Å². The largest absolute Gasteiger partial charge is 0.479 e. The van der Waals surface area contributed by atoms with Crippen LogP contribution in [0.5, 0.6) is 0 Å². The van der Waals surface area contributed by atoms with Crippen molar-refractivity contribution in [1.82, 2.24) is 0 Å². The van der Waals surface area contributed by atoms with Crippen molar-refractivity contribution < 1.29 is 108 Å². The number of aliphatic imine (C=N–C) groups is 4. The Balaban J connectivity index is 0.000000307. The van der Waals surface area contributed by atoms with E-state index >= 15 is 0 Å². The molecule has 8 heterocycles. The van der Waals surface area contributed by atoms with Gasteiger partial charge in [0.25, 0.3) is 0 Å². The molecule has 728 valence electrons. The standard InChI is InChI=1S/C27H41NO6.C27H41NO5S.C24H37NO6.C24H37NO5S/c1-16-9-8-10-17(2)25(31)19(4)26(32)27(6,7)23(29)14-24(30)34-22(12-11-16)18(3)13-21-15-33-20(5)28-21;1-16-9-8-10-17(2)25(31)19(4)26(32)27(6,7)23(29)14-24(30)33-22(12-11-16)18(3)13-21-15-34-20(5)28-21;1-14-8-7-9-15(2)22(28)16(3)23(29)24(5,6)20(26)12-21(27)31-19(11-10-14)18-13-30-17(4)25-18;1-14-8-7-9-15(2)22(28)16(3)23(29)24(5,6)20(26)12-21(27)30-19(11-10-14)18-13-31-17(4)25-18/h2*8,10-11,13,17,19,21-23,25,29,31H,9,12,14-15H2,1-7H3;2*7,9-10,15-16,18-20,22,26,28H,8,11-13H2,1-6H3/b2*10-8+,16-11-,18-13+;2*9-7+,14-10-/t2*17-,19+,21?,22-,23-,25-;2*15-,16+,18?,19-,20-,22-/m0000/s1. The van der Waals surface area contributed by atoms with Gasteiger partial charge in [-0.15, -0.1) is 23.5 Å². The molecule has 0 aliphatic carbocycles. The summed E-state index contributed by atoms with van der Waals surface area (Å²) in [5.74, 6) is -4.16. The summed E-state index contributed by atoms with van der Waals surface area (Å²) in [6, 6.07) is -0.476. The molecule has 0 aromatic heterocycles. The van der Waals surface area contributed by atoms with E-state index in [1.54, 1.807) is 120 Å². The zero-order valence-corrected chi connectivity index (χ0v) is 83.8. The van der Waals surface area contributed by atoms with Gasteiger partial charge >= 0.3 is 23.9 Å². The SMILES string of the molecule is CC1=NC(/C=C(\C)[C@@H]2C/C=C(/C)C/C=C/[C@H](C)[C@H](O)[C@@H](C)C(=O)C(C)(C)[C@@H](O)CC(=O)O2)CO1.CC1=NC(/C=C(\C)[C@@H]2C/C=C(/C)C/C=C/[C@H](C)[C@H](O)[C@@H](C)C(=O)C(C)(C)[C@@H](O)CC(=O)O2)CS1.CC1=NC([C@@H]2C/C=C(/C)C/C=C/[C@H](C)[C@H](O)[C@@H](C)C(=O)C(C)(C)[C@@H](O)CC(=O)O2)CO1.CC1=NC([C@@H]2C/C=C(/C)C/C=C/[C@H](C)[C@H](O)[C@@H](C)C(=O)C(C)(C)[C@@H](O)CC(=O)O2)CS1. The molecule has 130 heavy (non-hydrogen) atoms. The van der Waals surface area contributed by atoms with Gasteiger partial charge in [0.15, 0.2) is 11.8 Å². The molecule has 8 aliphatic heterocycles. The number of rotatable bonds is 6. The highest BCUT2D eigenvalue weighted by Crippen LogP contribution is 2.39. The number of ether oxygens (including phenoxy) is 6. The van der Waals surface area contributed by atoms with Crippen molar-refractivity contribution in [2.24, 2.45) is 89.0 Å². The fourth-order valence-corrected chi connectivity index (χ4v) is 18.2. The van der Waals surface area contributed by atoms with E-state index in [-0.39, 0.29) is 96.7 Å². The van der Waals surface area contributed by atoms with Crippen LogP contribution < -0.4 is 0 Å². The van der Waals surface area contributed by atoms with Gasteiger partial charge in [-0.25, -0.2) is 9.98 Å². The number of allylic oxidation sites excluding steroid dienone is 8. The second kappa shape index (κ2) is 51.9. The molecule has 0 radical (unpaired) electrons. The first-order valence-corrected chi connectivity index (χ1v) is 48.2. The molecule has 0 spiro atoms. The van der Waals surface area contributed by atoms with E-state index in [0.717, 1.165) is 55.0 Å². The van der Waals surface area contributed by atoms with Gasteiger partial charge < -0.3 is 69.3 Å². The van der Waals surface area contributed by atoms with E-state index in [1.165, 1.54) is 0 Å². The van der Waals surface area contributed by atoms with Crippen LogP contribution in [0.3, 0.4) is 0 Å². The van der Waals surface area contributed by atoms with Crippen molar-refractivity contribution in [2.45, 2.75) is 354 Å². The number of nitrogens with zero attached hydrogens (tertiary/aromatic N) is 4. The van der Waals surface area contributed by atoms with E-state index in [9.17, 15) is 79.2 Å². The Morgan fingerprint density at radius 2 is 0.646 bits per heavy atom. The maximum absolute atomic E-state index is 13.1. The molecule has 8 rings (SSSR count). The fraction of sp³-hybridized carbons (Fsp3) is 0.686. The maximum atomic E-state index is 13.1. The van der Waals surface area contributed by atoms with Gasteiger partial charge in [-0.2, -0.15) is 0 Å². The summed E-state index contributed by atoms with van der Waals surface area (Å²) in [6.07, 6.45) is 21.2. The molecule has 28 heteroatoms. The average Bonchev–Trinajstić information content (AvgIpc) is 1.71. The van der Waals surface area contributed by atoms with Crippen LogP contribution in [0.15, 0.2) is 138 Å². The number of thioether (sulfide) groups is 2. The number of cyclic esters (lactones) is 4. The lowest BCUT2D eigenvalue weighted by Gasteiger charge is -2.34. The minimum Gasteiger partial charge on any atom is -0.479 e. The molecular formula is C102H156N4O22S2. The molecule has 24 atom stereocenters. The molecule has 0 aromatic rings. The Morgan fingerprint density at radius 1 is 0.362 bits per heavy atom. The van der Waals surface area contributed by atoms with E-state index in [1.807, 2.05) is 150 Å². The highest BCUT2D eigenvalue weighted by Gasteiger charge is 2.48. The highest BCUT2D eigenvalue weighted by atomic mass is 32.2. The number of carbonyl (C=O) groups excluding carboxylic acids is 8. The van der Waals surface area contributed by atoms with Crippen molar-refractivity contribution in [3.8, 4) is 0 Å². The molecule has 8 N–H and O–H groups in total. The maximum Gasteiger partial charge on any atom is 0.309 e. The third-order valence-electron chi connectivity index (χ3n) is 26.6. The minimum atomic E-state index is -1.24. The van der Waals surface area contributed by atoms with Crippen molar-refractivity contribution in [3.63, 3.8) is 0 Å². The normalized spacial score (nSPS) is 37.6. The van der Waals surface area contributed by atoms with Crippen LogP contribution in [0.2, 0.25) is 0 Å². The molecule has 0 fully saturated rings. The summed E-state index contributed by atoms with van der Waals surface area (Å²) < 4.78 is 33.9.